The number of esters is 1. The molecule has 0 spiro atoms. The van der Waals surface area contributed by atoms with E-state index >= 15 is 0 Å². The van der Waals surface area contributed by atoms with Gasteiger partial charge in [0.2, 0.25) is 0 Å². The molecule has 1 aliphatic heterocycles. The fourth-order valence-electron chi connectivity index (χ4n) is 2.33. The minimum atomic E-state index is -0.348. The molecule has 1 heterocycles. The van der Waals surface area contributed by atoms with Crippen molar-refractivity contribution in [3.8, 4) is 5.75 Å². The quantitative estimate of drug-likeness (QED) is 0.824. The molecule has 20 heavy (non-hydrogen) atoms. The van der Waals surface area contributed by atoms with Crippen LogP contribution in [-0.4, -0.2) is 55.4 Å². The lowest BCUT2D eigenvalue weighted by molar-refractivity contribution is 0.0600. The maximum Gasteiger partial charge on any atom is 0.337 e. The van der Waals surface area contributed by atoms with Crippen LogP contribution in [0, 0.1) is 0 Å². The van der Waals surface area contributed by atoms with Crippen LogP contribution in [0.1, 0.15) is 23.2 Å². The summed E-state index contributed by atoms with van der Waals surface area (Å²) in [5.41, 5.74) is 0.513. The number of benzene rings is 1. The molecule has 1 fully saturated rings. The second-order valence-electron chi connectivity index (χ2n) is 4.96. The Bertz CT molecular complexity index is 432. The van der Waals surface area contributed by atoms with Crippen molar-refractivity contribution in [2.45, 2.75) is 18.9 Å². The molecule has 1 aromatic rings. The van der Waals surface area contributed by atoms with Gasteiger partial charge in [0.25, 0.3) is 0 Å². The first-order chi connectivity index (χ1) is 9.69. The van der Waals surface area contributed by atoms with Gasteiger partial charge in [-0.05, 0) is 43.7 Å². The van der Waals surface area contributed by atoms with Crippen LogP contribution in [0.3, 0.4) is 0 Å². The SMILES string of the molecule is COC(=O)c1ccc(OCCN2CCC[C@@H](O)C2)cc1. The van der Waals surface area contributed by atoms with E-state index in [1.54, 1.807) is 24.3 Å². The fourth-order valence-corrected chi connectivity index (χ4v) is 2.33. The Morgan fingerprint density at radius 3 is 2.80 bits per heavy atom. The van der Waals surface area contributed by atoms with Crippen molar-refractivity contribution in [2.24, 2.45) is 0 Å². The Hall–Kier alpha value is -1.59. The van der Waals surface area contributed by atoms with Crippen molar-refractivity contribution in [1.29, 1.82) is 0 Å². The van der Waals surface area contributed by atoms with E-state index in [9.17, 15) is 9.90 Å². The minimum Gasteiger partial charge on any atom is -0.492 e. The summed E-state index contributed by atoms with van der Waals surface area (Å²) in [6, 6.07) is 6.90. The molecule has 2 rings (SSSR count). The number of hydrogen-bond donors (Lipinski definition) is 1. The minimum absolute atomic E-state index is 0.205. The summed E-state index contributed by atoms with van der Waals surface area (Å²) in [6.07, 6.45) is 1.73. The number of carbonyl (C=O) groups excluding carboxylic acids is 1. The number of rotatable bonds is 5. The van der Waals surface area contributed by atoms with E-state index in [1.165, 1.54) is 7.11 Å². The number of hydrogen-bond acceptors (Lipinski definition) is 5. The van der Waals surface area contributed by atoms with Crippen molar-refractivity contribution >= 4 is 5.97 Å². The molecule has 0 bridgehead atoms. The molecule has 5 heteroatoms. The van der Waals surface area contributed by atoms with Crippen molar-refractivity contribution in [3.63, 3.8) is 0 Å². The number of carbonyl (C=O) groups is 1. The molecule has 5 nitrogen and oxygen atoms in total. The third-order valence-electron chi connectivity index (χ3n) is 3.43. The van der Waals surface area contributed by atoms with E-state index in [0.29, 0.717) is 12.2 Å². The first kappa shape index (κ1) is 14.8. The number of piperidine rings is 1. The van der Waals surface area contributed by atoms with E-state index in [2.05, 4.69) is 9.64 Å². The highest BCUT2D eigenvalue weighted by molar-refractivity contribution is 5.89. The van der Waals surface area contributed by atoms with Crippen molar-refractivity contribution in [2.75, 3.05) is 33.4 Å². The van der Waals surface area contributed by atoms with Crippen molar-refractivity contribution < 1.29 is 19.4 Å². The van der Waals surface area contributed by atoms with E-state index in [4.69, 9.17) is 4.74 Å². The van der Waals surface area contributed by atoms with E-state index in [0.717, 1.165) is 38.2 Å². The normalized spacial score (nSPS) is 19.6. The molecule has 1 aliphatic rings. The third kappa shape index (κ3) is 4.21. The summed E-state index contributed by atoms with van der Waals surface area (Å²) in [6.45, 7) is 3.12. The average molecular weight is 279 g/mol. The number of nitrogens with zero attached hydrogens (tertiary/aromatic N) is 1. The summed E-state index contributed by atoms with van der Waals surface area (Å²) >= 11 is 0. The number of β-amino-alcohol motifs (C(OH)–C–C–N with tert-alkyl or cyclic N) is 1. The highest BCUT2D eigenvalue weighted by Gasteiger charge is 2.17. The summed E-state index contributed by atoms with van der Waals surface area (Å²) in [5, 5.41) is 9.58. The fraction of sp³-hybridized carbons (Fsp3) is 0.533. The Balaban J connectivity index is 1.75. The number of aliphatic hydroxyl groups excluding tert-OH is 1. The molecule has 110 valence electrons. The second kappa shape index (κ2) is 7.26. The molecule has 1 saturated heterocycles. The topological polar surface area (TPSA) is 59.0 Å². The molecule has 0 aliphatic carbocycles. The van der Waals surface area contributed by atoms with E-state index < -0.39 is 0 Å². The van der Waals surface area contributed by atoms with Gasteiger partial charge in [0.05, 0.1) is 18.8 Å². The molecule has 1 aromatic carbocycles. The van der Waals surface area contributed by atoms with Gasteiger partial charge in [-0.2, -0.15) is 0 Å². The van der Waals surface area contributed by atoms with Crippen LogP contribution in [0.5, 0.6) is 5.75 Å². The van der Waals surface area contributed by atoms with Crippen LogP contribution in [-0.2, 0) is 4.74 Å². The zero-order valence-electron chi connectivity index (χ0n) is 11.7. The first-order valence-electron chi connectivity index (χ1n) is 6.90. The monoisotopic (exact) mass is 279 g/mol. The Morgan fingerprint density at radius 1 is 1.40 bits per heavy atom. The largest absolute Gasteiger partial charge is 0.492 e. The third-order valence-corrected chi connectivity index (χ3v) is 3.43. The molecule has 1 N–H and O–H groups in total. The molecule has 0 saturated carbocycles. The molecular weight excluding hydrogens is 258 g/mol. The Kier molecular flexibility index (Phi) is 5.38. The van der Waals surface area contributed by atoms with Crippen LogP contribution in [0.25, 0.3) is 0 Å². The van der Waals surface area contributed by atoms with Gasteiger partial charge in [-0.25, -0.2) is 4.79 Å². The van der Waals surface area contributed by atoms with Gasteiger partial charge in [0.15, 0.2) is 0 Å². The highest BCUT2D eigenvalue weighted by atomic mass is 16.5. The van der Waals surface area contributed by atoms with E-state index in [1.807, 2.05) is 0 Å². The standard InChI is InChI=1S/C15H21NO4/c1-19-15(18)12-4-6-14(7-5-12)20-10-9-16-8-2-3-13(17)11-16/h4-7,13,17H,2-3,8-11H2,1H3/t13-/m1/s1. The summed E-state index contributed by atoms with van der Waals surface area (Å²) in [5.74, 6) is 0.383. The highest BCUT2D eigenvalue weighted by Crippen LogP contribution is 2.14. The summed E-state index contributed by atoms with van der Waals surface area (Å²) < 4.78 is 10.3. The number of methoxy groups -OCH3 is 1. The number of ether oxygens (including phenoxy) is 2. The lowest BCUT2D eigenvalue weighted by Crippen LogP contribution is -2.40. The van der Waals surface area contributed by atoms with Crippen LogP contribution >= 0.6 is 0 Å². The van der Waals surface area contributed by atoms with Gasteiger partial charge >= 0.3 is 5.97 Å². The molecule has 0 amide bonds. The van der Waals surface area contributed by atoms with Crippen molar-refractivity contribution in [3.05, 3.63) is 29.8 Å². The summed E-state index contributed by atoms with van der Waals surface area (Å²) in [4.78, 5) is 13.5. The predicted molar refractivity (Wildman–Crippen MR) is 75.0 cm³/mol. The first-order valence-corrected chi connectivity index (χ1v) is 6.90. The van der Waals surface area contributed by atoms with Gasteiger partial charge < -0.3 is 14.6 Å². The van der Waals surface area contributed by atoms with Gasteiger partial charge in [0, 0.05) is 13.1 Å². The van der Waals surface area contributed by atoms with Crippen LogP contribution < -0.4 is 4.74 Å². The van der Waals surface area contributed by atoms with Gasteiger partial charge in [-0.15, -0.1) is 0 Å². The molecule has 1 atom stereocenters. The lowest BCUT2D eigenvalue weighted by Gasteiger charge is -2.29. The average Bonchev–Trinajstić information content (AvgIpc) is 2.47. The number of likely N-dealkylation sites (tertiary alicyclic amines) is 1. The molecular formula is C15H21NO4. The Labute approximate surface area is 119 Å². The van der Waals surface area contributed by atoms with Crippen LogP contribution in [0.4, 0.5) is 0 Å². The predicted octanol–water partition coefficient (Wildman–Crippen LogP) is 1.31. The maximum absolute atomic E-state index is 11.3. The smallest absolute Gasteiger partial charge is 0.337 e. The van der Waals surface area contributed by atoms with Crippen molar-refractivity contribution in [1.82, 2.24) is 4.90 Å². The van der Waals surface area contributed by atoms with Gasteiger partial charge in [-0.1, -0.05) is 0 Å². The Morgan fingerprint density at radius 2 is 2.15 bits per heavy atom. The van der Waals surface area contributed by atoms with Crippen LogP contribution in [0.2, 0.25) is 0 Å². The maximum atomic E-state index is 11.3. The van der Waals surface area contributed by atoms with Crippen LogP contribution in [0.15, 0.2) is 24.3 Å². The lowest BCUT2D eigenvalue weighted by atomic mass is 10.1. The molecule has 0 aromatic heterocycles. The zero-order valence-corrected chi connectivity index (χ0v) is 11.7. The van der Waals surface area contributed by atoms with Gasteiger partial charge in [-0.3, -0.25) is 4.90 Å². The zero-order chi connectivity index (χ0) is 14.4. The van der Waals surface area contributed by atoms with Gasteiger partial charge in [0.1, 0.15) is 12.4 Å². The van der Waals surface area contributed by atoms with E-state index in [-0.39, 0.29) is 12.1 Å². The second-order valence-corrected chi connectivity index (χ2v) is 4.96. The molecule has 0 radical (unpaired) electrons. The summed E-state index contributed by atoms with van der Waals surface area (Å²) in [7, 11) is 1.36. The molecule has 0 unspecified atom stereocenters. The number of aliphatic hydroxyl groups is 1.